The number of benzene rings is 2. The van der Waals surface area contributed by atoms with Gasteiger partial charge in [-0.1, -0.05) is 42.5 Å². The summed E-state index contributed by atoms with van der Waals surface area (Å²) in [6.07, 6.45) is 8.58. The summed E-state index contributed by atoms with van der Waals surface area (Å²) in [4.78, 5) is 4.51. The van der Waals surface area contributed by atoms with E-state index in [2.05, 4.69) is 74.7 Å². The smallest absolute Gasteiger partial charge is 0.110 e. The molecule has 0 aliphatic heterocycles. The molecule has 0 amide bonds. The predicted octanol–water partition coefficient (Wildman–Crippen LogP) is 3.87. The first-order valence-corrected chi connectivity index (χ1v) is 9.22. The van der Waals surface area contributed by atoms with E-state index in [0.717, 1.165) is 37.6 Å². The molecule has 0 saturated carbocycles. The van der Waals surface area contributed by atoms with Crippen LogP contribution in [0.2, 0.25) is 0 Å². The number of halogens is 1. The molecule has 1 N–H and O–H groups in total. The van der Waals surface area contributed by atoms with Crippen LogP contribution < -0.4 is 5.32 Å². The average Bonchev–Trinajstić information content (AvgIpc) is 3.39. The number of nitrogens with zero attached hydrogens (tertiary/aromatic N) is 4. The van der Waals surface area contributed by atoms with Crippen molar-refractivity contribution in [1.82, 2.24) is 24.6 Å². The number of hydrogen-bond donors (Lipinski definition) is 1. The average molecular weight is 394 g/mol. The van der Waals surface area contributed by atoms with Crippen LogP contribution in [-0.2, 0) is 19.5 Å². The van der Waals surface area contributed by atoms with Crippen LogP contribution >= 0.6 is 12.4 Å². The molecular weight excluding hydrogens is 370 g/mol. The van der Waals surface area contributed by atoms with E-state index in [-0.39, 0.29) is 12.4 Å². The van der Waals surface area contributed by atoms with Crippen molar-refractivity contribution in [2.75, 3.05) is 6.54 Å². The molecular formula is C22H24ClN5. The summed E-state index contributed by atoms with van der Waals surface area (Å²) in [5.41, 5.74) is 3.63. The second-order valence-corrected chi connectivity index (χ2v) is 6.50. The second-order valence-electron chi connectivity index (χ2n) is 6.50. The van der Waals surface area contributed by atoms with E-state index in [1.165, 1.54) is 11.1 Å². The fraction of sp³-hybridized carbons (Fsp3) is 0.182. The monoisotopic (exact) mass is 393 g/mol. The standard InChI is InChI=1S/C22H23N5.ClH/c1-2-5-20(6-3-1)18-26-16-14-24-22(26)11-13-23-17-19-7-9-21(10-8-19)27-15-4-12-25-27;/h1-10,12,14-16,23H,11,13,17-18H2;1H. The van der Waals surface area contributed by atoms with Crippen molar-refractivity contribution in [1.29, 1.82) is 0 Å². The van der Waals surface area contributed by atoms with E-state index in [9.17, 15) is 0 Å². The molecule has 0 unspecified atom stereocenters. The lowest BCUT2D eigenvalue weighted by molar-refractivity contribution is 0.641. The van der Waals surface area contributed by atoms with Gasteiger partial charge < -0.3 is 9.88 Å². The quantitative estimate of drug-likeness (QED) is 0.462. The minimum absolute atomic E-state index is 0. The van der Waals surface area contributed by atoms with Gasteiger partial charge in [0.2, 0.25) is 0 Å². The normalized spacial score (nSPS) is 10.6. The summed E-state index contributed by atoms with van der Waals surface area (Å²) >= 11 is 0. The van der Waals surface area contributed by atoms with Gasteiger partial charge in [0.1, 0.15) is 5.82 Å². The minimum Gasteiger partial charge on any atom is -0.330 e. The molecule has 28 heavy (non-hydrogen) atoms. The lowest BCUT2D eigenvalue weighted by Gasteiger charge is -2.09. The molecule has 4 rings (SSSR count). The third kappa shape index (κ3) is 5.09. The van der Waals surface area contributed by atoms with Gasteiger partial charge >= 0.3 is 0 Å². The summed E-state index contributed by atoms with van der Waals surface area (Å²) in [5.74, 6) is 1.11. The fourth-order valence-corrected chi connectivity index (χ4v) is 3.11. The highest BCUT2D eigenvalue weighted by molar-refractivity contribution is 5.85. The Morgan fingerprint density at radius 1 is 0.821 bits per heavy atom. The third-order valence-corrected chi connectivity index (χ3v) is 4.56. The van der Waals surface area contributed by atoms with Gasteiger partial charge in [-0.25, -0.2) is 9.67 Å². The van der Waals surface area contributed by atoms with Gasteiger partial charge in [-0.15, -0.1) is 12.4 Å². The van der Waals surface area contributed by atoms with E-state index in [1.807, 2.05) is 29.2 Å². The highest BCUT2D eigenvalue weighted by atomic mass is 35.5. The summed E-state index contributed by atoms with van der Waals surface area (Å²) in [5, 5.41) is 7.76. The Labute approximate surface area is 171 Å². The SMILES string of the molecule is Cl.c1ccc(Cn2ccnc2CCNCc2ccc(-n3cccn3)cc2)cc1. The van der Waals surface area contributed by atoms with Crippen molar-refractivity contribution in [3.63, 3.8) is 0 Å². The van der Waals surface area contributed by atoms with Gasteiger partial charge in [0.25, 0.3) is 0 Å². The first kappa shape index (κ1) is 19.9. The van der Waals surface area contributed by atoms with Crippen LogP contribution in [0.1, 0.15) is 17.0 Å². The zero-order valence-electron chi connectivity index (χ0n) is 15.6. The van der Waals surface area contributed by atoms with Crippen LogP contribution in [0.4, 0.5) is 0 Å². The van der Waals surface area contributed by atoms with E-state index in [1.54, 1.807) is 6.20 Å². The second kappa shape index (κ2) is 9.88. The summed E-state index contributed by atoms with van der Waals surface area (Å²) in [7, 11) is 0. The lowest BCUT2D eigenvalue weighted by atomic mass is 10.2. The molecule has 0 spiro atoms. The number of nitrogens with one attached hydrogen (secondary N) is 1. The Bertz CT molecular complexity index is 946. The summed E-state index contributed by atoms with van der Waals surface area (Å²) < 4.78 is 4.08. The number of rotatable bonds is 8. The maximum atomic E-state index is 4.51. The Kier molecular flexibility index (Phi) is 7.00. The molecule has 0 radical (unpaired) electrons. The van der Waals surface area contributed by atoms with Gasteiger partial charge in [-0.2, -0.15) is 5.10 Å². The third-order valence-electron chi connectivity index (χ3n) is 4.56. The first-order valence-electron chi connectivity index (χ1n) is 9.22. The van der Waals surface area contributed by atoms with Crippen molar-refractivity contribution in [3.05, 3.63) is 102 Å². The van der Waals surface area contributed by atoms with Crippen molar-refractivity contribution < 1.29 is 0 Å². The highest BCUT2D eigenvalue weighted by Gasteiger charge is 2.04. The van der Waals surface area contributed by atoms with Gasteiger partial charge in [0.05, 0.1) is 5.69 Å². The van der Waals surface area contributed by atoms with Crippen LogP contribution in [0, 0.1) is 0 Å². The molecule has 0 atom stereocenters. The van der Waals surface area contributed by atoms with Crippen LogP contribution in [0.5, 0.6) is 0 Å². The molecule has 0 bridgehead atoms. The Balaban J connectivity index is 0.00000225. The molecule has 2 aromatic carbocycles. The van der Waals surface area contributed by atoms with E-state index in [0.29, 0.717) is 0 Å². The molecule has 144 valence electrons. The van der Waals surface area contributed by atoms with E-state index < -0.39 is 0 Å². The topological polar surface area (TPSA) is 47.7 Å². The summed E-state index contributed by atoms with van der Waals surface area (Å²) in [6, 6.07) is 20.9. The molecule has 0 fully saturated rings. The van der Waals surface area contributed by atoms with Crippen LogP contribution in [-0.4, -0.2) is 25.9 Å². The highest BCUT2D eigenvalue weighted by Crippen LogP contribution is 2.09. The number of hydrogen-bond acceptors (Lipinski definition) is 3. The van der Waals surface area contributed by atoms with Crippen molar-refractivity contribution in [3.8, 4) is 5.69 Å². The lowest BCUT2D eigenvalue weighted by Crippen LogP contribution is -2.18. The van der Waals surface area contributed by atoms with E-state index >= 15 is 0 Å². The van der Waals surface area contributed by atoms with Gasteiger partial charge in [-0.3, -0.25) is 0 Å². The van der Waals surface area contributed by atoms with E-state index in [4.69, 9.17) is 0 Å². The Morgan fingerprint density at radius 3 is 2.39 bits per heavy atom. The predicted molar refractivity (Wildman–Crippen MR) is 114 cm³/mol. The molecule has 0 saturated heterocycles. The molecule has 0 aliphatic rings. The largest absolute Gasteiger partial charge is 0.330 e. The molecule has 2 aromatic heterocycles. The zero-order valence-corrected chi connectivity index (χ0v) is 16.4. The molecule has 0 aliphatic carbocycles. The van der Waals surface area contributed by atoms with Crippen LogP contribution in [0.3, 0.4) is 0 Å². The van der Waals surface area contributed by atoms with Gasteiger partial charge in [0, 0.05) is 50.8 Å². The Hall–Kier alpha value is -2.89. The molecule has 5 nitrogen and oxygen atoms in total. The summed E-state index contributed by atoms with van der Waals surface area (Å²) in [6.45, 7) is 2.61. The van der Waals surface area contributed by atoms with Crippen LogP contribution in [0.25, 0.3) is 5.69 Å². The first-order chi connectivity index (χ1) is 13.4. The zero-order chi connectivity index (χ0) is 18.3. The molecule has 6 heteroatoms. The maximum Gasteiger partial charge on any atom is 0.110 e. The van der Waals surface area contributed by atoms with Crippen molar-refractivity contribution in [2.24, 2.45) is 0 Å². The maximum absolute atomic E-state index is 4.51. The van der Waals surface area contributed by atoms with Gasteiger partial charge in [0.15, 0.2) is 0 Å². The minimum atomic E-state index is 0. The number of aromatic nitrogens is 4. The van der Waals surface area contributed by atoms with Crippen LogP contribution in [0.15, 0.2) is 85.5 Å². The fourth-order valence-electron chi connectivity index (χ4n) is 3.11. The van der Waals surface area contributed by atoms with Crippen molar-refractivity contribution >= 4 is 12.4 Å². The van der Waals surface area contributed by atoms with Crippen molar-refractivity contribution in [2.45, 2.75) is 19.5 Å². The molecule has 4 aromatic rings. The molecule has 2 heterocycles. The Morgan fingerprint density at radius 2 is 1.64 bits per heavy atom. The number of imidazole rings is 1. The van der Waals surface area contributed by atoms with Gasteiger partial charge in [-0.05, 0) is 29.3 Å².